The number of aliphatic imine (C=N–C) groups is 1. The van der Waals surface area contributed by atoms with Gasteiger partial charge in [0.15, 0.2) is 5.96 Å². The van der Waals surface area contributed by atoms with Gasteiger partial charge in [0.1, 0.15) is 0 Å². The molecule has 0 radical (unpaired) electrons. The monoisotopic (exact) mass is 439 g/mol. The molecule has 5 heteroatoms. The highest BCUT2D eigenvalue weighted by Crippen LogP contribution is 2.23. The van der Waals surface area contributed by atoms with Crippen molar-refractivity contribution in [2.24, 2.45) is 10.7 Å². The summed E-state index contributed by atoms with van der Waals surface area (Å²) in [5, 5.41) is 3.17. The number of nitrogens with two attached hydrogens (primary N) is 1. The van der Waals surface area contributed by atoms with Gasteiger partial charge in [0.25, 0.3) is 0 Å². The molecule has 4 nitrogen and oxygen atoms in total. The second-order valence-electron chi connectivity index (χ2n) is 6.17. The van der Waals surface area contributed by atoms with Crippen LogP contribution in [0.5, 0.6) is 0 Å². The van der Waals surface area contributed by atoms with Gasteiger partial charge in [-0.3, -0.25) is 4.99 Å². The van der Waals surface area contributed by atoms with Crippen molar-refractivity contribution in [1.29, 1.82) is 0 Å². The summed E-state index contributed by atoms with van der Waals surface area (Å²) in [6.07, 6.45) is 0. The Morgan fingerprint density at radius 2 is 1.71 bits per heavy atom. The Bertz CT molecular complexity index is 657. The van der Waals surface area contributed by atoms with Crippen LogP contribution in [-0.4, -0.2) is 19.6 Å². The molecule has 0 aliphatic heterocycles. The van der Waals surface area contributed by atoms with Gasteiger partial charge in [0.2, 0.25) is 0 Å². The number of halogens is 1. The minimum absolute atomic E-state index is 0. The largest absolute Gasteiger partial charge is 0.380 e. The van der Waals surface area contributed by atoms with Crippen LogP contribution in [0.2, 0.25) is 0 Å². The van der Waals surface area contributed by atoms with Crippen LogP contribution in [-0.2, 0) is 16.8 Å². The van der Waals surface area contributed by atoms with E-state index >= 15 is 0 Å². The summed E-state index contributed by atoms with van der Waals surface area (Å²) in [5.41, 5.74) is 9.21. The number of rotatable bonds is 6. The van der Waals surface area contributed by atoms with E-state index in [2.05, 4.69) is 36.3 Å². The first-order valence-corrected chi connectivity index (χ1v) is 7.72. The number of hydrogen-bond acceptors (Lipinski definition) is 2. The maximum absolute atomic E-state index is 6.05. The minimum Gasteiger partial charge on any atom is -0.380 e. The fourth-order valence-corrected chi connectivity index (χ4v) is 2.36. The van der Waals surface area contributed by atoms with E-state index in [1.54, 1.807) is 7.11 Å². The Labute approximate surface area is 161 Å². The highest BCUT2D eigenvalue weighted by atomic mass is 127. The molecule has 24 heavy (non-hydrogen) atoms. The molecule has 2 rings (SSSR count). The molecule has 2 aromatic rings. The first-order valence-electron chi connectivity index (χ1n) is 7.72. The van der Waals surface area contributed by atoms with Gasteiger partial charge in [-0.15, -0.1) is 24.0 Å². The molecule has 0 unspecified atom stereocenters. The lowest BCUT2D eigenvalue weighted by molar-refractivity contribution is 0.185. The molecule has 0 saturated heterocycles. The van der Waals surface area contributed by atoms with E-state index in [1.165, 1.54) is 5.56 Å². The zero-order chi connectivity index (χ0) is 16.7. The minimum atomic E-state index is -0.0698. The van der Waals surface area contributed by atoms with E-state index in [0.29, 0.717) is 19.1 Å². The fraction of sp³-hybridized carbons (Fsp3) is 0.316. The molecule has 0 aliphatic rings. The second kappa shape index (κ2) is 9.64. The van der Waals surface area contributed by atoms with Crippen LogP contribution in [0.4, 0.5) is 5.69 Å². The molecule has 0 amide bonds. The highest BCUT2D eigenvalue weighted by Gasteiger charge is 2.19. The number of nitrogens with zero attached hydrogens (tertiary/aromatic N) is 1. The van der Waals surface area contributed by atoms with Crippen LogP contribution in [0.15, 0.2) is 59.6 Å². The van der Waals surface area contributed by atoms with Gasteiger partial charge < -0.3 is 15.8 Å². The van der Waals surface area contributed by atoms with Gasteiger partial charge in [0, 0.05) is 23.8 Å². The average Bonchev–Trinajstić information content (AvgIpc) is 2.56. The maximum Gasteiger partial charge on any atom is 0.193 e. The van der Waals surface area contributed by atoms with Crippen molar-refractivity contribution in [2.75, 3.05) is 19.0 Å². The quantitative estimate of drug-likeness (QED) is 0.404. The molecule has 2 aromatic carbocycles. The van der Waals surface area contributed by atoms with Crippen LogP contribution in [0.1, 0.15) is 25.0 Å². The number of nitrogens with one attached hydrogen (secondary N) is 1. The van der Waals surface area contributed by atoms with E-state index in [1.807, 2.05) is 42.5 Å². The Morgan fingerprint density at radius 3 is 2.38 bits per heavy atom. The lowest BCUT2D eigenvalue weighted by Gasteiger charge is -2.23. The first-order chi connectivity index (χ1) is 11.0. The van der Waals surface area contributed by atoms with Crippen LogP contribution in [0, 0.1) is 0 Å². The van der Waals surface area contributed by atoms with E-state index in [-0.39, 0.29) is 29.4 Å². The smallest absolute Gasteiger partial charge is 0.193 e. The van der Waals surface area contributed by atoms with Gasteiger partial charge in [-0.2, -0.15) is 0 Å². The van der Waals surface area contributed by atoms with Gasteiger partial charge >= 0.3 is 0 Å². The summed E-state index contributed by atoms with van der Waals surface area (Å²) in [7, 11) is 1.68. The van der Waals surface area contributed by atoms with Crippen LogP contribution in [0.25, 0.3) is 0 Å². The van der Waals surface area contributed by atoms with Crippen LogP contribution < -0.4 is 11.1 Å². The molecule has 0 aromatic heterocycles. The third-order valence-electron chi connectivity index (χ3n) is 3.78. The topological polar surface area (TPSA) is 59.6 Å². The molecule has 0 heterocycles. The average molecular weight is 439 g/mol. The maximum atomic E-state index is 6.05. The van der Waals surface area contributed by atoms with Crippen molar-refractivity contribution in [3.05, 3.63) is 65.7 Å². The van der Waals surface area contributed by atoms with Crippen molar-refractivity contribution in [1.82, 2.24) is 0 Å². The molecule has 0 bridgehead atoms. The molecule has 0 fully saturated rings. The van der Waals surface area contributed by atoms with Gasteiger partial charge in [-0.1, -0.05) is 62.4 Å². The molecule has 0 atom stereocenters. The van der Waals surface area contributed by atoms with Crippen molar-refractivity contribution in [3.8, 4) is 0 Å². The van der Waals surface area contributed by atoms with E-state index in [9.17, 15) is 0 Å². The van der Waals surface area contributed by atoms with E-state index in [0.717, 1.165) is 11.3 Å². The zero-order valence-corrected chi connectivity index (χ0v) is 16.8. The summed E-state index contributed by atoms with van der Waals surface area (Å²) < 4.78 is 5.20. The number of anilines is 1. The Morgan fingerprint density at radius 1 is 1.08 bits per heavy atom. The first kappa shape index (κ1) is 20.4. The van der Waals surface area contributed by atoms with Crippen LogP contribution >= 0.6 is 24.0 Å². The number of para-hydroxylation sites is 1. The lowest BCUT2D eigenvalue weighted by atomic mass is 9.85. The van der Waals surface area contributed by atoms with E-state index < -0.39 is 0 Å². The molecule has 0 spiro atoms. The second-order valence-corrected chi connectivity index (χ2v) is 6.17. The molecule has 3 N–H and O–H groups in total. The van der Waals surface area contributed by atoms with E-state index in [4.69, 9.17) is 10.5 Å². The van der Waals surface area contributed by atoms with Crippen molar-refractivity contribution in [3.63, 3.8) is 0 Å². The third-order valence-corrected chi connectivity index (χ3v) is 3.78. The third kappa shape index (κ3) is 5.79. The summed E-state index contributed by atoms with van der Waals surface area (Å²) >= 11 is 0. The van der Waals surface area contributed by atoms with Gasteiger partial charge in [0.05, 0.1) is 13.2 Å². The Hall–Kier alpha value is -1.60. The zero-order valence-electron chi connectivity index (χ0n) is 14.5. The molecule has 0 aliphatic carbocycles. The Kier molecular flexibility index (Phi) is 8.21. The molecule has 0 saturated carbocycles. The SMILES string of the molecule is COCc1ccccc1NC(N)=NCC(C)(C)c1ccccc1.I. The highest BCUT2D eigenvalue weighted by molar-refractivity contribution is 14.0. The summed E-state index contributed by atoms with van der Waals surface area (Å²) in [4.78, 5) is 4.51. The Balaban J connectivity index is 0.00000288. The van der Waals surface area contributed by atoms with Crippen molar-refractivity contribution in [2.45, 2.75) is 25.9 Å². The van der Waals surface area contributed by atoms with Crippen molar-refractivity contribution < 1.29 is 4.74 Å². The summed E-state index contributed by atoms with van der Waals surface area (Å²) in [6, 6.07) is 18.3. The number of methoxy groups -OCH3 is 1. The molecular weight excluding hydrogens is 413 g/mol. The number of hydrogen-bond donors (Lipinski definition) is 2. The summed E-state index contributed by atoms with van der Waals surface area (Å²) in [6.45, 7) is 5.48. The van der Waals surface area contributed by atoms with Crippen molar-refractivity contribution >= 4 is 35.6 Å². The lowest BCUT2D eigenvalue weighted by Crippen LogP contribution is -2.28. The molecule has 130 valence electrons. The van der Waals surface area contributed by atoms with Gasteiger partial charge in [-0.25, -0.2) is 0 Å². The molecular formula is C19H26IN3O. The summed E-state index contributed by atoms with van der Waals surface area (Å²) in [5.74, 6) is 0.414. The number of guanidine groups is 1. The normalized spacial score (nSPS) is 11.7. The van der Waals surface area contributed by atoms with Gasteiger partial charge in [-0.05, 0) is 11.6 Å². The van der Waals surface area contributed by atoms with Crippen LogP contribution in [0.3, 0.4) is 0 Å². The number of benzene rings is 2. The standard InChI is InChI=1S/C19H25N3O.HI/c1-19(2,16-10-5-4-6-11-16)14-21-18(20)22-17-12-8-7-9-15(17)13-23-3;/h4-12H,13-14H2,1-3H3,(H3,20,21,22);1H. The predicted octanol–water partition coefficient (Wildman–Crippen LogP) is 4.16. The predicted molar refractivity (Wildman–Crippen MR) is 112 cm³/mol. The fourth-order valence-electron chi connectivity index (χ4n) is 2.36. The number of ether oxygens (including phenoxy) is 1.